The quantitative estimate of drug-likeness (QED) is 0.475. The number of ether oxygens (including phenoxy) is 2. The minimum Gasteiger partial charge on any atom is -0.497 e. The molecule has 0 saturated carbocycles. The van der Waals surface area contributed by atoms with Gasteiger partial charge in [-0.1, -0.05) is 44.0 Å². The minimum absolute atomic E-state index is 0. The average Bonchev–Trinajstić information content (AvgIpc) is 2.64. The molecule has 1 atom stereocenters. The summed E-state index contributed by atoms with van der Waals surface area (Å²) in [7, 11) is 3.42. The van der Waals surface area contributed by atoms with E-state index in [2.05, 4.69) is 43.3 Å². The summed E-state index contributed by atoms with van der Waals surface area (Å²) in [4.78, 5) is 0. The average molecular weight is 363 g/mol. The first-order valence-electron chi connectivity index (χ1n) is 8.97. The molecular weight excluding hydrogens is 332 g/mol. The maximum Gasteiger partial charge on any atom is 0.118 e. The highest BCUT2D eigenvalue weighted by Gasteiger charge is 2.04. The topological polar surface area (TPSA) is 18.5 Å². The molecule has 0 aliphatic carbocycles. The lowest BCUT2D eigenvalue weighted by Gasteiger charge is -2.11. The van der Waals surface area contributed by atoms with Crippen LogP contribution in [0.5, 0.6) is 11.5 Å². The molecule has 2 aromatic carbocycles. The van der Waals surface area contributed by atoms with E-state index in [1.807, 2.05) is 12.1 Å². The lowest BCUT2D eigenvalue weighted by atomic mass is 9.95. The van der Waals surface area contributed by atoms with Crippen molar-refractivity contribution in [3.8, 4) is 11.5 Å². The number of benzene rings is 2. The molecule has 25 heavy (non-hydrogen) atoms. The van der Waals surface area contributed by atoms with Crippen molar-refractivity contribution in [1.82, 2.24) is 0 Å². The van der Waals surface area contributed by atoms with E-state index in [0.717, 1.165) is 30.3 Å². The van der Waals surface area contributed by atoms with Gasteiger partial charge in [-0.15, -0.1) is 12.4 Å². The van der Waals surface area contributed by atoms with Crippen LogP contribution in [0.2, 0.25) is 0 Å². The molecule has 2 rings (SSSR count). The Bertz CT molecular complexity index is 578. The molecule has 0 bridgehead atoms. The fourth-order valence-electron chi connectivity index (χ4n) is 2.96. The van der Waals surface area contributed by atoms with Crippen LogP contribution in [0.3, 0.4) is 0 Å². The van der Waals surface area contributed by atoms with Gasteiger partial charge in [-0.3, -0.25) is 0 Å². The predicted molar refractivity (Wildman–Crippen MR) is 108 cm³/mol. The van der Waals surface area contributed by atoms with E-state index in [0.29, 0.717) is 0 Å². The van der Waals surface area contributed by atoms with Gasteiger partial charge in [0.2, 0.25) is 0 Å². The second-order valence-corrected chi connectivity index (χ2v) is 6.59. The van der Waals surface area contributed by atoms with Crippen LogP contribution in [0.1, 0.15) is 43.7 Å². The second kappa shape index (κ2) is 11.8. The van der Waals surface area contributed by atoms with Gasteiger partial charge in [-0.2, -0.15) is 0 Å². The van der Waals surface area contributed by atoms with Crippen LogP contribution < -0.4 is 9.47 Å². The second-order valence-electron chi connectivity index (χ2n) is 6.59. The first-order chi connectivity index (χ1) is 11.7. The Kier molecular flexibility index (Phi) is 10.1. The van der Waals surface area contributed by atoms with E-state index >= 15 is 0 Å². The molecule has 0 saturated heterocycles. The van der Waals surface area contributed by atoms with Crippen molar-refractivity contribution >= 4 is 12.4 Å². The molecular formula is C22H31ClO2. The van der Waals surface area contributed by atoms with Crippen LogP contribution in [0.25, 0.3) is 0 Å². The molecule has 0 aromatic heterocycles. The van der Waals surface area contributed by atoms with Gasteiger partial charge < -0.3 is 9.47 Å². The zero-order valence-corrected chi connectivity index (χ0v) is 16.5. The van der Waals surface area contributed by atoms with E-state index in [9.17, 15) is 0 Å². The molecule has 0 heterocycles. The number of methoxy groups -OCH3 is 2. The van der Waals surface area contributed by atoms with Crippen molar-refractivity contribution in [3.05, 3.63) is 59.7 Å². The molecule has 3 heteroatoms. The molecule has 2 aromatic rings. The number of halogens is 1. The van der Waals surface area contributed by atoms with Gasteiger partial charge in [0.1, 0.15) is 11.5 Å². The van der Waals surface area contributed by atoms with Crippen molar-refractivity contribution in [3.63, 3.8) is 0 Å². The molecule has 0 aliphatic rings. The molecule has 1 unspecified atom stereocenters. The summed E-state index contributed by atoms with van der Waals surface area (Å²) in [5.74, 6) is 2.65. The molecule has 0 aliphatic heterocycles. The summed E-state index contributed by atoms with van der Waals surface area (Å²) in [6.07, 6.45) is 7.45. The first-order valence-corrected chi connectivity index (χ1v) is 8.97. The largest absolute Gasteiger partial charge is 0.497 e. The molecule has 0 amide bonds. The highest BCUT2D eigenvalue weighted by Crippen LogP contribution is 2.19. The van der Waals surface area contributed by atoms with Gasteiger partial charge in [0.25, 0.3) is 0 Å². The van der Waals surface area contributed by atoms with Crippen molar-refractivity contribution in [1.29, 1.82) is 0 Å². The standard InChI is InChI=1S/C22H30O2.ClH/c1-18(8-9-20-12-16-22(24-3)17-13-20)6-4-5-7-19-10-14-21(23-2)15-11-19;/h10-18H,4-9H2,1-3H3;1H. The normalized spacial score (nSPS) is 11.5. The maximum absolute atomic E-state index is 5.20. The summed E-state index contributed by atoms with van der Waals surface area (Å²) < 4.78 is 10.4. The van der Waals surface area contributed by atoms with E-state index in [4.69, 9.17) is 9.47 Å². The summed E-state index contributed by atoms with van der Waals surface area (Å²) in [6, 6.07) is 16.9. The smallest absolute Gasteiger partial charge is 0.118 e. The number of unbranched alkanes of at least 4 members (excludes halogenated alkanes) is 1. The van der Waals surface area contributed by atoms with Crippen molar-refractivity contribution in [2.24, 2.45) is 5.92 Å². The Labute approximate surface area is 159 Å². The molecule has 0 N–H and O–H groups in total. The third kappa shape index (κ3) is 7.83. The number of hydrogen-bond acceptors (Lipinski definition) is 2. The Morgan fingerprint density at radius 2 is 1.16 bits per heavy atom. The van der Waals surface area contributed by atoms with Crippen molar-refractivity contribution < 1.29 is 9.47 Å². The summed E-state index contributed by atoms with van der Waals surface area (Å²) >= 11 is 0. The Balaban J connectivity index is 0.00000312. The van der Waals surface area contributed by atoms with E-state index in [-0.39, 0.29) is 12.4 Å². The maximum atomic E-state index is 5.20. The predicted octanol–water partition coefficient (Wildman–Crippen LogP) is 6.11. The van der Waals surface area contributed by atoms with Crippen LogP contribution in [-0.2, 0) is 12.8 Å². The number of rotatable bonds is 10. The van der Waals surface area contributed by atoms with E-state index < -0.39 is 0 Å². The lowest BCUT2D eigenvalue weighted by molar-refractivity contribution is 0.414. The van der Waals surface area contributed by atoms with Crippen molar-refractivity contribution in [2.45, 2.75) is 45.4 Å². The monoisotopic (exact) mass is 362 g/mol. The van der Waals surface area contributed by atoms with Crippen LogP contribution in [-0.4, -0.2) is 14.2 Å². The highest BCUT2D eigenvalue weighted by atomic mass is 35.5. The third-order valence-corrected chi connectivity index (χ3v) is 4.66. The molecule has 0 fully saturated rings. The fraction of sp³-hybridized carbons (Fsp3) is 0.455. The summed E-state index contributed by atoms with van der Waals surface area (Å²) in [5, 5.41) is 0. The van der Waals surface area contributed by atoms with Crippen molar-refractivity contribution in [2.75, 3.05) is 14.2 Å². The van der Waals surface area contributed by atoms with Gasteiger partial charge >= 0.3 is 0 Å². The summed E-state index contributed by atoms with van der Waals surface area (Å²) in [6.45, 7) is 2.37. The molecule has 138 valence electrons. The number of hydrogen-bond donors (Lipinski definition) is 0. The Morgan fingerprint density at radius 3 is 1.64 bits per heavy atom. The van der Waals surface area contributed by atoms with Crippen LogP contribution in [0.4, 0.5) is 0 Å². The van der Waals surface area contributed by atoms with Gasteiger partial charge in [-0.25, -0.2) is 0 Å². The summed E-state index contributed by atoms with van der Waals surface area (Å²) in [5.41, 5.74) is 2.81. The van der Waals surface area contributed by atoms with Gasteiger partial charge in [0, 0.05) is 0 Å². The SMILES string of the molecule is COc1ccc(CCCCC(C)CCc2ccc(OC)cc2)cc1.Cl. The van der Waals surface area contributed by atoms with E-state index in [1.54, 1.807) is 14.2 Å². The fourth-order valence-corrected chi connectivity index (χ4v) is 2.96. The molecule has 0 spiro atoms. The van der Waals surface area contributed by atoms with E-state index in [1.165, 1.54) is 36.8 Å². The zero-order valence-electron chi connectivity index (χ0n) is 15.7. The Hall–Kier alpha value is -1.67. The highest BCUT2D eigenvalue weighted by molar-refractivity contribution is 5.85. The van der Waals surface area contributed by atoms with Crippen LogP contribution in [0, 0.1) is 5.92 Å². The molecule has 2 nitrogen and oxygen atoms in total. The van der Waals surface area contributed by atoms with Gasteiger partial charge in [-0.05, 0) is 67.0 Å². The molecule has 0 radical (unpaired) electrons. The van der Waals surface area contributed by atoms with Crippen LogP contribution >= 0.6 is 12.4 Å². The van der Waals surface area contributed by atoms with Gasteiger partial charge in [0.05, 0.1) is 14.2 Å². The Morgan fingerprint density at radius 1 is 0.680 bits per heavy atom. The zero-order chi connectivity index (χ0) is 17.2. The third-order valence-electron chi connectivity index (χ3n) is 4.66. The van der Waals surface area contributed by atoms with Crippen LogP contribution in [0.15, 0.2) is 48.5 Å². The number of aryl methyl sites for hydroxylation is 2. The minimum atomic E-state index is 0. The first kappa shape index (κ1) is 21.4. The lowest BCUT2D eigenvalue weighted by Crippen LogP contribution is -1.98. The van der Waals surface area contributed by atoms with Gasteiger partial charge in [0.15, 0.2) is 0 Å².